The van der Waals surface area contributed by atoms with Crippen molar-refractivity contribution in [1.29, 1.82) is 0 Å². The molecule has 1 fully saturated rings. The minimum atomic E-state index is -0.0396. The van der Waals surface area contributed by atoms with Gasteiger partial charge in [-0.05, 0) is 31.9 Å². The van der Waals surface area contributed by atoms with Gasteiger partial charge >= 0.3 is 0 Å². The molecule has 1 aliphatic carbocycles. The molecule has 1 amide bonds. The Hall–Kier alpha value is -2.37. The highest BCUT2D eigenvalue weighted by Crippen LogP contribution is 2.23. The molecular formula is C20H28N4O2. The van der Waals surface area contributed by atoms with Crippen molar-refractivity contribution in [2.75, 3.05) is 14.2 Å². The van der Waals surface area contributed by atoms with Gasteiger partial charge in [0.2, 0.25) is 0 Å². The van der Waals surface area contributed by atoms with Gasteiger partial charge in [0.25, 0.3) is 5.91 Å². The highest BCUT2D eigenvalue weighted by Gasteiger charge is 2.26. The van der Waals surface area contributed by atoms with Gasteiger partial charge in [0, 0.05) is 19.2 Å². The molecule has 1 heterocycles. The summed E-state index contributed by atoms with van der Waals surface area (Å²) >= 11 is 0. The molecule has 0 saturated heterocycles. The van der Waals surface area contributed by atoms with E-state index in [-0.39, 0.29) is 5.91 Å². The van der Waals surface area contributed by atoms with E-state index in [1.54, 1.807) is 11.8 Å². The van der Waals surface area contributed by atoms with Gasteiger partial charge in [-0.2, -0.15) is 0 Å². The molecule has 1 aliphatic rings. The summed E-state index contributed by atoms with van der Waals surface area (Å²) in [5.74, 6) is 0.708. The van der Waals surface area contributed by atoms with Crippen molar-refractivity contribution in [3.05, 3.63) is 35.7 Å². The fourth-order valence-electron chi connectivity index (χ4n) is 3.67. The van der Waals surface area contributed by atoms with E-state index in [0.717, 1.165) is 30.0 Å². The maximum atomic E-state index is 13.0. The molecule has 1 saturated carbocycles. The molecule has 6 nitrogen and oxygen atoms in total. The molecule has 0 unspecified atom stereocenters. The van der Waals surface area contributed by atoms with Gasteiger partial charge in [0.05, 0.1) is 18.5 Å². The Kier molecular flexibility index (Phi) is 5.91. The minimum absolute atomic E-state index is 0.0396. The third kappa shape index (κ3) is 3.89. The van der Waals surface area contributed by atoms with E-state index in [4.69, 9.17) is 4.74 Å². The number of hydrogen-bond acceptors (Lipinski definition) is 4. The zero-order chi connectivity index (χ0) is 18.5. The summed E-state index contributed by atoms with van der Waals surface area (Å²) in [6, 6.07) is 7.89. The van der Waals surface area contributed by atoms with Crippen LogP contribution >= 0.6 is 0 Å². The summed E-state index contributed by atoms with van der Waals surface area (Å²) in [6.45, 7) is 1.89. The fourth-order valence-corrected chi connectivity index (χ4v) is 3.67. The second kappa shape index (κ2) is 8.34. The van der Waals surface area contributed by atoms with Gasteiger partial charge in [-0.25, -0.2) is 4.68 Å². The van der Waals surface area contributed by atoms with Crippen LogP contribution in [-0.2, 0) is 0 Å². The summed E-state index contributed by atoms with van der Waals surface area (Å²) in [7, 11) is 3.53. The van der Waals surface area contributed by atoms with Gasteiger partial charge in [-0.1, -0.05) is 43.4 Å². The van der Waals surface area contributed by atoms with E-state index in [1.807, 2.05) is 43.1 Å². The van der Waals surface area contributed by atoms with Crippen molar-refractivity contribution in [1.82, 2.24) is 19.9 Å². The lowest BCUT2D eigenvalue weighted by atomic mass is 9.95. The number of carbonyl (C=O) groups is 1. The first kappa shape index (κ1) is 18.4. The second-order valence-corrected chi connectivity index (χ2v) is 7.05. The highest BCUT2D eigenvalue weighted by molar-refractivity contribution is 5.93. The quantitative estimate of drug-likeness (QED) is 0.837. The molecule has 140 valence electrons. The highest BCUT2D eigenvalue weighted by atomic mass is 16.5. The third-order valence-corrected chi connectivity index (χ3v) is 5.34. The number of methoxy groups -OCH3 is 1. The molecule has 1 aromatic heterocycles. The number of aromatic nitrogens is 3. The van der Waals surface area contributed by atoms with Gasteiger partial charge in [-0.3, -0.25) is 4.79 Å². The van der Waals surface area contributed by atoms with Gasteiger partial charge in [0.15, 0.2) is 5.69 Å². The van der Waals surface area contributed by atoms with Crippen LogP contribution in [0.25, 0.3) is 5.69 Å². The number of benzene rings is 1. The maximum absolute atomic E-state index is 13.0. The van der Waals surface area contributed by atoms with Crippen LogP contribution in [0.15, 0.2) is 24.3 Å². The van der Waals surface area contributed by atoms with Crippen molar-refractivity contribution in [3.63, 3.8) is 0 Å². The van der Waals surface area contributed by atoms with E-state index in [1.165, 1.54) is 32.1 Å². The van der Waals surface area contributed by atoms with E-state index in [9.17, 15) is 4.79 Å². The number of rotatable bonds is 4. The molecule has 0 spiro atoms. The molecule has 0 N–H and O–H groups in total. The van der Waals surface area contributed by atoms with Crippen molar-refractivity contribution in [2.24, 2.45) is 0 Å². The van der Waals surface area contributed by atoms with Crippen molar-refractivity contribution in [2.45, 2.75) is 57.9 Å². The average molecular weight is 356 g/mol. The van der Waals surface area contributed by atoms with E-state index in [2.05, 4.69) is 10.3 Å². The molecule has 6 heteroatoms. The molecule has 0 bridgehead atoms. The summed E-state index contributed by atoms with van der Waals surface area (Å²) in [4.78, 5) is 14.9. The summed E-state index contributed by atoms with van der Waals surface area (Å²) in [5.41, 5.74) is 2.01. The Bertz CT molecular complexity index is 748. The molecule has 0 atom stereocenters. The van der Waals surface area contributed by atoms with Crippen LogP contribution < -0.4 is 4.74 Å². The summed E-state index contributed by atoms with van der Waals surface area (Å²) < 4.78 is 6.97. The number of hydrogen-bond donors (Lipinski definition) is 0. The first-order valence-corrected chi connectivity index (χ1v) is 9.45. The Morgan fingerprint density at radius 2 is 1.88 bits per heavy atom. The van der Waals surface area contributed by atoms with E-state index in [0.29, 0.717) is 11.7 Å². The van der Waals surface area contributed by atoms with Gasteiger partial charge < -0.3 is 9.64 Å². The topological polar surface area (TPSA) is 60.2 Å². The van der Waals surface area contributed by atoms with Crippen molar-refractivity contribution in [3.8, 4) is 11.4 Å². The second-order valence-electron chi connectivity index (χ2n) is 7.05. The predicted octanol–water partition coefficient (Wildman–Crippen LogP) is 3.77. The number of ether oxygens (including phenoxy) is 1. The van der Waals surface area contributed by atoms with E-state index < -0.39 is 0 Å². The monoisotopic (exact) mass is 356 g/mol. The average Bonchev–Trinajstić information content (AvgIpc) is 3.02. The van der Waals surface area contributed by atoms with Crippen molar-refractivity contribution >= 4 is 5.91 Å². The maximum Gasteiger partial charge on any atom is 0.276 e. The number of carbonyl (C=O) groups excluding carboxylic acids is 1. The minimum Gasteiger partial charge on any atom is -0.497 e. The van der Waals surface area contributed by atoms with Crippen LogP contribution in [0.2, 0.25) is 0 Å². The lowest BCUT2D eigenvalue weighted by molar-refractivity contribution is 0.0700. The molecule has 0 radical (unpaired) electrons. The van der Waals surface area contributed by atoms with Crippen LogP contribution in [0.1, 0.15) is 61.1 Å². The number of amides is 1. The van der Waals surface area contributed by atoms with Gasteiger partial charge in [-0.15, -0.1) is 5.10 Å². The molecule has 0 aliphatic heterocycles. The molecule has 3 rings (SSSR count). The van der Waals surface area contributed by atoms with Crippen molar-refractivity contribution < 1.29 is 9.53 Å². The zero-order valence-corrected chi connectivity index (χ0v) is 15.9. The fraction of sp³-hybridized carbons (Fsp3) is 0.550. The first-order valence-electron chi connectivity index (χ1n) is 9.45. The Morgan fingerprint density at radius 1 is 1.19 bits per heavy atom. The van der Waals surface area contributed by atoms with Crippen LogP contribution in [0, 0.1) is 6.92 Å². The van der Waals surface area contributed by atoms with Gasteiger partial charge in [0.1, 0.15) is 5.75 Å². The van der Waals surface area contributed by atoms with Crippen LogP contribution in [0.4, 0.5) is 0 Å². The summed E-state index contributed by atoms with van der Waals surface area (Å²) in [5, 5.41) is 8.39. The van der Waals surface area contributed by atoms with Crippen LogP contribution in [-0.4, -0.2) is 46.0 Å². The molecule has 1 aromatic carbocycles. The zero-order valence-electron chi connectivity index (χ0n) is 15.9. The molecular weight excluding hydrogens is 328 g/mol. The van der Waals surface area contributed by atoms with E-state index >= 15 is 0 Å². The first-order chi connectivity index (χ1) is 12.6. The predicted molar refractivity (Wildman–Crippen MR) is 101 cm³/mol. The Balaban J connectivity index is 1.80. The summed E-state index contributed by atoms with van der Waals surface area (Å²) in [6.07, 6.45) is 8.39. The normalized spacial score (nSPS) is 16.0. The third-order valence-electron chi connectivity index (χ3n) is 5.34. The number of nitrogens with zero attached hydrogens (tertiary/aromatic N) is 4. The van der Waals surface area contributed by atoms with Crippen LogP contribution in [0.3, 0.4) is 0 Å². The van der Waals surface area contributed by atoms with Crippen LogP contribution in [0.5, 0.6) is 5.75 Å². The smallest absolute Gasteiger partial charge is 0.276 e. The Morgan fingerprint density at radius 3 is 2.58 bits per heavy atom. The molecule has 26 heavy (non-hydrogen) atoms. The lowest BCUT2D eigenvalue weighted by Gasteiger charge is -2.29. The largest absolute Gasteiger partial charge is 0.497 e. The standard InChI is InChI=1S/C20H28N4O2/c1-15-19(20(25)23(2)16-10-7-5-4-6-8-11-16)21-22-24(15)17-12-9-13-18(14-17)26-3/h9,12-14,16H,4-8,10-11H2,1-3H3. The molecule has 2 aromatic rings. The lowest BCUT2D eigenvalue weighted by Crippen LogP contribution is -2.38. The SMILES string of the molecule is COc1cccc(-n2nnc(C(=O)N(C)C3CCCCCCC3)c2C)c1. The Labute approximate surface area is 155 Å².